The van der Waals surface area contributed by atoms with Gasteiger partial charge < -0.3 is 14.9 Å². The predicted molar refractivity (Wildman–Crippen MR) is 140 cm³/mol. The topological polar surface area (TPSA) is 66.8 Å². The minimum absolute atomic E-state index is 0.0559. The van der Waals surface area contributed by atoms with E-state index < -0.39 is 11.6 Å². The molecule has 0 unspecified atom stereocenters. The average molecular weight is 469 g/mol. The van der Waals surface area contributed by atoms with Gasteiger partial charge in [-0.3, -0.25) is 4.79 Å². The largest absolute Gasteiger partial charge is 0.493 e. The van der Waals surface area contributed by atoms with Crippen LogP contribution in [0.3, 0.4) is 0 Å². The van der Waals surface area contributed by atoms with Gasteiger partial charge in [-0.25, -0.2) is 0 Å². The lowest BCUT2D eigenvalue weighted by atomic mass is 9.69. The van der Waals surface area contributed by atoms with Gasteiger partial charge in [-0.1, -0.05) is 44.2 Å². The van der Waals surface area contributed by atoms with Crippen molar-refractivity contribution in [1.29, 1.82) is 0 Å². The summed E-state index contributed by atoms with van der Waals surface area (Å²) in [5, 5.41) is 18.8. The monoisotopic (exact) mass is 468 g/mol. The number of aliphatic hydroxyl groups is 1. The zero-order chi connectivity index (χ0) is 25.4. The molecule has 0 aliphatic carbocycles. The Morgan fingerprint density at radius 3 is 2.06 bits per heavy atom. The third-order valence-corrected chi connectivity index (χ3v) is 7.13. The first kappa shape index (κ1) is 27.9. The number of hydrogen-bond donors (Lipinski definition) is 2. The number of carboxylic acid groups (broad SMARTS) is 1. The van der Waals surface area contributed by atoms with Gasteiger partial charge in [0.1, 0.15) is 5.75 Å². The van der Waals surface area contributed by atoms with Gasteiger partial charge in [0.2, 0.25) is 0 Å². The molecular weight excluding hydrogens is 424 g/mol. The standard InChI is InChI=1S/C30H44O4/c1-7-30(8-2,25-14-13-24(22(3)20-25)17-18-29(5,6)33)26-15-16-27(23(4)21-26)34-19-11-9-10-12-28(31)32/h13-16,20-21,33H,7-12,17-19H2,1-6H3,(H,31,32). The van der Waals surface area contributed by atoms with E-state index in [4.69, 9.17) is 9.84 Å². The van der Waals surface area contributed by atoms with Crippen LogP contribution in [0.2, 0.25) is 0 Å². The van der Waals surface area contributed by atoms with Crippen molar-refractivity contribution in [2.75, 3.05) is 6.61 Å². The fraction of sp³-hybridized carbons (Fsp3) is 0.567. The Hall–Kier alpha value is -2.33. The molecule has 0 spiro atoms. The van der Waals surface area contributed by atoms with E-state index in [0.29, 0.717) is 13.0 Å². The van der Waals surface area contributed by atoms with E-state index in [2.05, 4.69) is 64.1 Å². The lowest BCUT2D eigenvalue weighted by Gasteiger charge is -2.34. The van der Waals surface area contributed by atoms with E-state index in [1.807, 2.05) is 13.8 Å². The summed E-state index contributed by atoms with van der Waals surface area (Å²) >= 11 is 0. The molecule has 34 heavy (non-hydrogen) atoms. The summed E-state index contributed by atoms with van der Waals surface area (Å²) in [6.45, 7) is 13.1. The molecule has 4 heteroatoms. The molecule has 0 saturated carbocycles. The Labute approximate surface area is 206 Å². The highest BCUT2D eigenvalue weighted by molar-refractivity contribution is 5.66. The van der Waals surface area contributed by atoms with E-state index in [1.54, 1.807) is 0 Å². The maximum absolute atomic E-state index is 10.6. The number of carbonyl (C=O) groups is 1. The van der Waals surface area contributed by atoms with Crippen LogP contribution in [-0.2, 0) is 16.6 Å². The Morgan fingerprint density at radius 2 is 1.53 bits per heavy atom. The van der Waals surface area contributed by atoms with Crippen molar-refractivity contribution in [2.45, 2.75) is 104 Å². The fourth-order valence-electron chi connectivity index (χ4n) is 4.79. The molecule has 4 nitrogen and oxygen atoms in total. The summed E-state index contributed by atoms with van der Waals surface area (Å²) in [4.78, 5) is 10.6. The molecule has 0 amide bonds. The lowest BCUT2D eigenvalue weighted by Crippen LogP contribution is -2.26. The third-order valence-electron chi connectivity index (χ3n) is 7.13. The Bertz CT molecular complexity index is 935. The Balaban J connectivity index is 2.17. The molecule has 0 fully saturated rings. The molecule has 0 aromatic heterocycles. The van der Waals surface area contributed by atoms with Crippen molar-refractivity contribution in [2.24, 2.45) is 0 Å². The number of unbranched alkanes of at least 4 members (excludes halogenated alkanes) is 2. The molecular formula is C30H44O4. The summed E-state index contributed by atoms with van der Waals surface area (Å²) < 4.78 is 6.01. The summed E-state index contributed by atoms with van der Waals surface area (Å²) in [5.74, 6) is 0.169. The number of hydrogen-bond acceptors (Lipinski definition) is 3. The first-order chi connectivity index (χ1) is 16.0. The number of rotatable bonds is 14. The van der Waals surface area contributed by atoms with Gasteiger partial charge >= 0.3 is 5.97 Å². The molecule has 0 radical (unpaired) electrons. The molecule has 0 aliphatic rings. The highest BCUT2D eigenvalue weighted by Gasteiger charge is 2.31. The van der Waals surface area contributed by atoms with Crippen LogP contribution in [0.25, 0.3) is 0 Å². The summed E-state index contributed by atoms with van der Waals surface area (Å²) in [7, 11) is 0. The molecule has 0 heterocycles. The Kier molecular flexibility index (Phi) is 10.2. The van der Waals surface area contributed by atoms with Gasteiger partial charge in [0.05, 0.1) is 12.2 Å². The van der Waals surface area contributed by atoms with Crippen molar-refractivity contribution in [3.8, 4) is 5.75 Å². The van der Waals surface area contributed by atoms with Crippen LogP contribution in [0.4, 0.5) is 0 Å². The van der Waals surface area contributed by atoms with Crippen LogP contribution in [0, 0.1) is 13.8 Å². The van der Waals surface area contributed by atoms with Crippen molar-refractivity contribution in [3.63, 3.8) is 0 Å². The summed E-state index contributed by atoms with van der Waals surface area (Å²) in [6, 6.07) is 13.4. The van der Waals surface area contributed by atoms with Gasteiger partial charge in [-0.15, -0.1) is 0 Å². The van der Waals surface area contributed by atoms with Gasteiger partial charge in [0.15, 0.2) is 0 Å². The van der Waals surface area contributed by atoms with Gasteiger partial charge in [-0.05, 0) is 107 Å². The maximum Gasteiger partial charge on any atom is 0.303 e. The van der Waals surface area contributed by atoms with Gasteiger partial charge in [0, 0.05) is 11.8 Å². The summed E-state index contributed by atoms with van der Waals surface area (Å²) in [6.07, 6.45) is 6.30. The molecule has 2 rings (SSSR count). The number of ether oxygens (including phenoxy) is 1. The van der Waals surface area contributed by atoms with Crippen LogP contribution < -0.4 is 4.74 Å². The SMILES string of the molecule is CCC(CC)(c1ccc(CCC(C)(C)O)c(C)c1)c1ccc(OCCCCCC(=O)O)c(C)c1. The number of benzene rings is 2. The van der Waals surface area contributed by atoms with Gasteiger partial charge in [-0.2, -0.15) is 0 Å². The second-order valence-corrected chi connectivity index (χ2v) is 10.3. The van der Waals surface area contributed by atoms with Crippen molar-refractivity contribution in [1.82, 2.24) is 0 Å². The van der Waals surface area contributed by atoms with E-state index in [-0.39, 0.29) is 11.8 Å². The lowest BCUT2D eigenvalue weighted by molar-refractivity contribution is -0.137. The number of carboxylic acids is 1. The highest BCUT2D eigenvalue weighted by atomic mass is 16.5. The third kappa shape index (κ3) is 7.59. The maximum atomic E-state index is 10.6. The second kappa shape index (κ2) is 12.4. The van der Waals surface area contributed by atoms with Crippen LogP contribution in [-0.4, -0.2) is 28.4 Å². The fourth-order valence-corrected chi connectivity index (χ4v) is 4.79. The number of aliphatic carboxylic acids is 1. The molecule has 0 aliphatic heterocycles. The minimum atomic E-state index is -0.735. The predicted octanol–water partition coefficient (Wildman–Crippen LogP) is 7.14. The molecule has 2 aromatic carbocycles. The Morgan fingerprint density at radius 1 is 0.912 bits per heavy atom. The molecule has 0 bridgehead atoms. The molecule has 2 N–H and O–H groups in total. The van der Waals surface area contributed by atoms with Crippen LogP contribution in [0.15, 0.2) is 36.4 Å². The zero-order valence-electron chi connectivity index (χ0n) is 22.0. The molecule has 188 valence electrons. The van der Waals surface area contributed by atoms with E-state index >= 15 is 0 Å². The quantitative estimate of drug-likeness (QED) is 0.289. The summed E-state index contributed by atoms with van der Waals surface area (Å²) in [5.41, 5.74) is 5.66. The van der Waals surface area contributed by atoms with E-state index in [9.17, 15) is 9.90 Å². The van der Waals surface area contributed by atoms with Crippen LogP contribution in [0.1, 0.15) is 100 Å². The second-order valence-electron chi connectivity index (χ2n) is 10.3. The minimum Gasteiger partial charge on any atom is -0.493 e. The van der Waals surface area contributed by atoms with E-state index in [1.165, 1.54) is 22.3 Å². The normalized spacial score (nSPS) is 12.1. The molecule has 0 atom stereocenters. The van der Waals surface area contributed by atoms with Crippen LogP contribution >= 0.6 is 0 Å². The smallest absolute Gasteiger partial charge is 0.303 e. The van der Waals surface area contributed by atoms with Crippen molar-refractivity contribution in [3.05, 3.63) is 64.2 Å². The molecule has 0 saturated heterocycles. The highest BCUT2D eigenvalue weighted by Crippen LogP contribution is 2.41. The van der Waals surface area contributed by atoms with Crippen LogP contribution in [0.5, 0.6) is 5.75 Å². The first-order valence-corrected chi connectivity index (χ1v) is 12.8. The van der Waals surface area contributed by atoms with Crippen molar-refractivity contribution >= 4 is 5.97 Å². The van der Waals surface area contributed by atoms with Gasteiger partial charge in [0.25, 0.3) is 0 Å². The van der Waals surface area contributed by atoms with E-state index in [0.717, 1.165) is 49.8 Å². The molecule has 2 aromatic rings. The average Bonchev–Trinajstić information content (AvgIpc) is 2.77. The first-order valence-electron chi connectivity index (χ1n) is 12.8. The number of aryl methyl sites for hydroxylation is 3. The zero-order valence-corrected chi connectivity index (χ0v) is 22.0. The van der Waals surface area contributed by atoms with Crippen molar-refractivity contribution < 1.29 is 19.7 Å².